The van der Waals surface area contributed by atoms with Crippen molar-refractivity contribution in [1.29, 1.82) is 0 Å². The van der Waals surface area contributed by atoms with E-state index in [1.807, 2.05) is 0 Å². The molecule has 0 saturated heterocycles. The second kappa shape index (κ2) is 6.46. The number of likely N-dealkylation sites (N-methyl/N-ethyl adjacent to an activating group) is 1. The molecule has 120 valence electrons. The molecule has 1 aliphatic rings. The topological polar surface area (TPSA) is 20.5 Å². The van der Waals surface area contributed by atoms with Gasteiger partial charge in [0.1, 0.15) is 0 Å². The van der Waals surface area contributed by atoms with Gasteiger partial charge in [-0.25, -0.2) is 4.99 Å². The van der Waals surface area contributed by atoms with E-state index < -0.39 is 0 Å². The number of hydrogen-bond acceptors (Lipinski definition) is 2. The van der Waals surface area contributed by atoms with Gasteiger partial charge in [0.25, 0.3) is 0 Å². The number of fused-ring (bicyclic) bond motifs is 2. The number of rotatable bonds is 4. The fraction of sp³-hybridized carbons (Fsp3) is 0.190. The summed E-state index contributed by atoms with van der Waals surface area (Å²) >= 11 is 0. The lowest BCUT2D eigenvalue weighted by atomic mass is 10.2. The zero-order valence-electron chi connectivity index (χ0n) is 13.9. The number of nitrogens with zero attached hydrogens (tertiary/aromatic N) is 3. The molecule has 24 heavy (non-hydrogen) atoms. The van der Waals surface area contributed by atoms with Gasteiger partial charge in [0.05, 0.1) is 17.1 Å². The van der Waals surface area contributed by atoms with Crippen LogP contribution in [0.5, 0.6) is 0 Å². The average molecular weight is 315 g/mol. The fourth-order valence-electron chi connectivity index (χ4n) is 3.28. The summed E-state index contributed by atoms with van der Waals surface area (Å²) in [5.74, 6) is 0. The maximum absolute atomic E-state index is 4.99. The summed E-state index contributed by atoms with van der Waals surface area (Å²) in [6, 6.07) is 23.3. The van der Waals surface area contributed by atoms with Crippen LogP contribution in [0.3, 0.4) is 0 Å². The molecule has 1 aliphatic heterocycles. The van der Waals surface area contributed by atoms with E-state index in [0.717, 1.165) is 31.0 Å². The third-order valence-electron chi connectivity index (χ3n) is 4.43. The van der Waals surface area contributed by atoms with Crippen LogP contribution in [0, 0.1) is 0 Å². The second-order valence-electron chi connectivity index (χ2n) is 6.37. The van der Waals surface area contributed by atoms with Crippen molar-refractivity contribution in [2.75, 3.05) is 13.6 Å². The highest BCUT2D eigenvalue weighted by Gasteiger charge is 2.17. The predicted molar refractivity (Wildman–Crippen MR) is 98.9 cm³/mol. The van der Waals surface area contributed by atoms with Gasteiger partial charge in [0.15, 0.2) is 0 Å². The minimum absolute atomic E-state index is 0.827. The second-order valence-corrected chi connectivity index (χ2v) is 6.37. The standard InChI is InChI=1S/C21H21N3/c1-23(14-17-8-3-2-4-9-17)16-20-21-12-7-13-24(21)15-18-10-5-6-11-19(18)22-20/h2-13H,14-16H2,1H3. The Morgan fingerprint density at radius 2 is 1.71 bits per heavy atom. The van der Waals surface area contributed by atoms with Crippen LogP contribution in [0.15, 0.2) is 77.9 Å². The molecule has 0 bridgehead atoms. The Balaban J connectivity index is 1.62. The van der Waals surface area contributed by atoms with Crippen molar-refractivity contribution in [2.24, 2.45) is 4.99 Å². The average Bonchev–Trinajstić information content (AvgIpc) is 2.99. The number of aromatic nitrogens is 1. The summed E-state index contributed by atoms with van der Waals surface area (Å²) in [7, 11) is 2.15. The molecular formula is C21H21N3. The van der Waals surface area contributed by atoms with E-state index in [9.17, 15) is 0 Å². The summed E-state index contributed by atoms with van der Waals surface area (Å²) in [4.78, 5) is 7.31. The molecule has 4 rings (SSSR count). The highest BCUT2D eigenvalue weighted by Crippen LogP contribution is 2.25. The first-order valence-electron chi connectivity index (χ1n) is 8.33. The van der Waals surface area contributed by atoms with E-state index in [1.54, 1.807) is 0 Å². The van der Waals surface area contributed by atoms with Gasteiger partial charge >= 0.3 is 0 Å². The number of para-hydroxylation sites is 1. The highest BCUT2D eigenvalue weighted by atomic mass is 15.1. The Bertz CT molecular complexity index is 862. The quantitative estimate of drug-likeness (QED) is 0.710. The van der Waals surface area contributed by atoms with Gasteiger partial charge in [0, 0.05) is 25.8 Å². The summed E-state index contributed by atoms with van der Waals surface area (Å²) in [6.07, 6.45) is 2.14. The van der Waals surface area contributed by atoms with Crippen LogP contribution in [-0.4, -0.2) is 28.8 Å². The highest BCUT2D eigenvalue weighted by molar-refractivity contribution is 6.03. The molecule has 2 aromatic carbocycles. The van der Waals surface area contributed by atoms with Crippen molar-refractivity contribution < 1.29 is 0 Å². The SMILES string of the molecule is CN(CC1=Nc2ccccc2Cn2cccc21)Cc1ccccc1. The van der Waals surface area contributed by atoms with Gasteiger partial charge in [0.2, 0.25) is 0 Å². The van der Waals surface area contributed by atoms with Crippen LogP contribution in [0.1, 0.15) is 16.8 Å². The first-order chi connectivity index (χ1) is 11.8. The van der Waals surface area contributed by atoms with Gasteiger partial charge in [-0.15, -0.1) is 0 Å². The minimum Gasteiger partial charge on any atom is -0.342 e. The monoisotopic (exact) mass is 315 g/mol. The normalized spacial score (nSPS) is 13.2. The van der Waals surface area contributed by atoms with Crippen molar-refractivity contribution in [2.45, 2.75) is 13.1 Å². The minimum atomic E-state index is 0.827. The van der Waals surface area contributed by atoms with Crippen LogP contribution in [0.2, 0.25) is 0 Å². The molecule has 0 radical (unpaired) electrons. The van der Waals surface area contributed by atoms with Crippen molar-refractivity contribution in [1.82, 2.24) is 9.47 Å². The zero-order valence-corrected chi connectivity index (χ0v) is 13.9. The van der Waals surface area contributed by atoms with Crippen LogP contribution in [0.4, 0.5) is 5.69 Å². The molecule has 3 nitrogen and oxygen atoms in total. The summed E-state index contributed by atoms with van der Waals surface area (Å²) in [6.45, 7) is 2.63. The lowest BCUT2D eigenvalue weighted by Gasteiger charge is -2.18. The molecule has 3 aromatic rings. The molecule has 1 aromatic heterocycles. The Morgan fingerprint density at radius 3 is 2.58 bits per heavy atom. The molecule has 0 aliphatic carbocycles. The van der Waals surface area contributed by atoms with Crippen LogP contribution >= 0.6 is 0 Å². The van der Waals surface area contributed by atoms with E-state index in [2.05, 4.69) is 89.4 Å². The number of hydrogen-bond donors (Lipinski definition) is 0. The van der Waals surface area contributed by atoms with Gasteiger partial charge in [-0.05, 0) is 36.4 Å². The van der Waals surface area contributed by atoms with Crippen LogP contribution < -0.4 is 0 Å². The van der Waals surface area contributed by atoms with Crippen LogP contribution in [0.25, 0.3) is 0 Å². The first kappa shape index (κ1) is 14.9. The van der Waals surface area contributed by atoms with Crippen LogP contribution in [-0.2, 0) is 13.1 Å². The summed E-state index contributed by atoms with van der Waals surface area (Å²) in [5, 5.41) is 0. The molecule has 0 N–H and O–H groups in total. The van der Waals surface area contributed by atoms with E-state index in [-0.39, 0.29) is 0 Å². The molecule has 2 heterocycles. The molecule has 0 saturated carbocycles. The van der Waals surface area contributed by atoms with Crippen molar-refractivity contribution in [3.63, 3.8) is 0 Å². The number of benzene rings is 2. The summed E-state index contributed by atoms with van der Waals surface area (Å²) < 4.78 is 2.29. The fourth-order valence-corrected chi connectivity index (χ4v) is 3.28. The van der Waals surface area contributed by atoms with Gasteiger partial charge in [-0.2, -0.15) is 0 Å². The van der Waals surface area contributed by atoms with E-state index in [0.29, 0.717) is 0 Å². The van der Waals surface area contributed by atoms with Crippen molar-refractivity contribution >= 4 is 11.4 Å². The first-order valence-corrected chi connectivity index (χ1v) is 8.33. The maximum atomic E-state index is 4.99. The molecule has 0 atom stereocenters. The lowest BCUT2D eigenvalue weighted by Crippen LogP contribution is -2.27. The Hall–Kier alpha value is -2.65. The van der Waals surface area contributed by atoms with E-state index in [1.165, 1.54) is 16.8 Å². The van der Waals surface area contributed by atoms with Gasteiger partial charge in [-0.1, -0.05) is 48.5 Å². The Labute approximate surface area is 142 Å². The maximum Gasteiger partial charge on any atom is 0.0787 e. The third kappa shape index (κ3) is 3.03. The Morgan fingerprint density at radius 1 is 0.917 bits per heavy atom. The van der Waals surface area contributed by atoms with Gasteiger partial charge < -0.3 is 4.57 Å². The lowest BCUT2D eigenvalue weighted by molar-refractivity contribution is 0.374. The largest absolute Gasteiger partial charge is 0.342 e. The van der Waals surface area contributed by atoms with E-state index in [4.69, 9.17) is 4.99 Å². The number of aliphatic imine (C=N–C) groups is 1. The van der Waals surface area contributed by atoms with Crippen molar-refractivity contribution in [3.05, 3.63) is 89.7 Å². The summed E-state index contributed by atoms with van der Waals surface area (Å²) in [5.41, 5.74) is 6.03. The molecule has 0 fully saturated rings. The molecule has 0 unspecified atom stereocenters. The zero-order chi connectivity index (χ0) is 16.4. The molecule has 0 amide bonds. The third-order valence-corrected chi connectivity index (χ3v) is 4.43. The van der Waals surface area contributed by atoms with Gasteiger partial charge in [-0.3, -0.25) is 4.90 Å². The molecular weight excluding hydrogens is 294 g/mol. The molecule has 0 spiro atoms. The van der Waals surface area contributed by atoms with E-state index >= 15 is 0 Å². The predicted octanol–water partition coefficient (Wildman–Crippen LogP) is 4.10. The smallest absolute Gasteiger partial charge is 0.0787 e. The molecule has 3 heteroatoms. The Kier molecular flexibility index (Phi) is 4.01. The van der Waals surface area contributed by atoms with Crippen molar-refractivity contribution in [3.8, 4) is 0 Å².